The van der Waals surface area contributed by atoms with Gasteiger partial charge in [0.05, 0.1) is 22.1 Å². The van der Waals surface area contributed by atoms with Gasteiger partial charge in [-0.15, -0.1) is 0 Å². The summed E-state index contributed by atoms with van der Waals surface area (Å²) in [5, 5.41) is 12.7. The maximum absolute atomic E-state index is 2.49. The monoisotopic (exact) mass is 558 g/mol. The molecule has 44 heavy (non-hydrogen) atoms. The van der Waals surface area contributed by atoms with Crippen molar-refractivity contribution in [3.05, 3.63) is 158 Å². The maximum atomic E-state index is 2.49. The predicted molar refractivity (Wildman–Crippen MR) is 188 cm³/mol. The maximum Gasteiger partial charge on any atom is 0.0641 e. The molecule has 0 amide bonds. The lowest BCUT2D eigenvalue weighted by Gasteiger charge is -2.12. The largest absolute Gasteiger partial charge is 0.309 e. The van der Waals surface area contributed by atoms with Crippen LogP contribution in [0.4, 0.5) is 0 Å². The number of hydrogen-bond acceptors (Lipinski definition) is 0. The van der Waals surface area contributed by atoms with E-state index >= 15 is 0 Å². The number of para-hydroxylation sites is 2. The van der Waals surface area contributed by atoms with Crippen LogP contribution in [0.5, 0.6) is 0 Å². The summed E-state index contributed by atoms with van der Waals surface area (Å²) < 4.78 is 4.95. The molecule has 2 heteroatoms. The molecule has 0 spiro atoms. The summed E-state index contributed by atoms with van der Waals surface area (Å²) in [6, 6.07) is 57.8. The van der Waals surface area contributed by atoms with Gasteiger partial charge in [0.1, 0.15) is 0 Å². The fourth-order valence-electron chi connectivity index (χ4n) is 7.57. The number of rotatable bonds is 2. The molecule has 0 aliphatic carbocycles. The lowest BCUT2D eigenvalue weighted by atomic mass is 10.0. The second-order valence-corrected chi connectivity index (χ2v) is 11.8. The first-order chi connectivity index (χ1) is 21.8. The summed E-state index contributed by atoms with van der Waals surface area (Å²) >= 11 is 0. The van der Waals surface area contributed by atoms with Crippen molar-refractivity contribution in [2.45, 2.75) is 0 Å². The summed E-state index contributed by atoms with van der Waals surface area (Å²) in [6.07, 6.45) is 0. The third-order valence-corrected chi connectivity index (χ3v) is 9.45. The topological polar surface area (TPSA) is 9.86 Å². The van der Waals surface area contributed by atoms with Gasteiger partial charge in [-0.25, -0.2) is 0 Å². The van der Waals surface area contributed by atoms with E-state index in [9.17, 15) is 0 Å². The zero-order valence-corrected chi connectivity index (χ0v) is 23.9. The average molecular weight is 559 g/mol. The zero-order chi connectivity index (χ0) is 28.8. The van der Waals surface area contributed by atoms with E-state index in [2.05, 4.69) is 167 Å². The molecule has 10 aromatic rings. The third kappa shape index (κ3) is 3.14. The molecule has 204 valence electrons. The molecule has 0 aliphatic heterocycles. The first-order valence-corrected chi connectivity index (χ1v) is 15.2. The van der Waals surface area contributed by atoms with Gasteiger partial charge >= 0.3 is 0 Å². The van der Waals surface area contributed by atoms with Crippen LogP contribution in [-0.4, -0.2) is 9.13 Å². The smallest absolute Gasteiger partial charge is 0.0641 e. The molecule has 2 nitrogen and oxygen atoms in total. The molecular formula is C42H26N2. The van der Waals surface area contributed by atoms with Crippen molar-refractivity contribution < 1.29 is 0 Å². The van der Waals surface area contributed by atoms with Crippen LogP contribution in [-0.2, 0) is 0 Å². The molecule has 0 fully saturated rings. The molecule has 0 saturated heterocycles. The van der Waals surface area contributed by atoms with Crippen LogP contribution in [0.3, 0.4) is 0 Å². The fourth-order valence-corrected chi connectivity index (χ4v) is 7.57. The second-order valence-electron chi connectivity index (χ2n) is 11.8. The van der Waals surface area contributed by atoms with Crippen LogP contribution in [0.1, 0.15) is 0 Å². The van der Waals surface area contributed by atoms with Crippen LogP contribution in [0.2, 0.25) is 0 Å². The van der Waals surface area contributed by atoms with E-state index in [-0.39, 0.29) is 0 Å². The van der Waals surface area contributed by atoms with Crippen molar-refractivity contribution in [1.29, 1.82) is 0 Å². The molecule has 0 saturated carbocycles. The summed E-state index contributed by atoms with van der Waals surface area (Å²) in [7, 11) is 0. The van der Waals surface area contributed by atoms with Crippen LogP contribution >= 0.6 is 0 Å². The Balaban J connectivity index is 1.42. The summed E-state index contributed by atoms with van der Waals surface area (Å²) in [6.45, 7) is 0. The van der Waals surface area contributed by atoms with Crippen LogP contribution < -0.4 is 0 Å². The second kappa shape index (κ2) is 8.82. The minimum atomic E-state index is 1.17. The highest BCUT2D eigenvalue weighted by molar-refractivity contribution is 6.29. The Kier molecular flexibility index (Phi) is 4.75. The molecule has 0 N–H and O–H groups in total. The summed E-state index contributed by atoms with van der Waals surface area (Å²) in [5.41, 5.74) is 7.28. The van der Waals surface area contributed by atoms with Gasteiger partial charge in [0.25, 0.3) is 0 Å². The summed E-state index contributed by atoms with van der Waals surface area (Å²) in [4.78, 5) is 0. The van der Waals surface area contributed by atoms with Crippen LogP contribution in [0, 0.1) is 0 Å². The van der Waals surface area contributed by atoms with E-state index in [1.54, 1.807) is 0 Å². The molecule has 0 radical (unpaired) electrons. The van der Waals surface area contributed by atoms with Gasteiger partial charge in [-0.05, 0) is 63.3 Å². The van der Waals surface area contributed by atoms with Gasteiger partial charge in [-0.2, -0.15) is 0 Å². The highest BCUT2D eigenvalue weighted by Gasteiger charge is 2.22. The Morgan fingerprint density at radius 3 is 1.75 bits per heavy atom. The molecule has 2 heterocycles. The van der Waals surface area contributed by atoms with Crippen molar-refractivity contribution in [3.63, 3.8) is 0 Å². The van der Waals surface area contributed by atoms with Crippen molar-refractivity contribution in [2.24, 2.45) is 0 Å². The third-order valence-electron chi connectivity index (χ3n) is 9.45. The van der Waals surface area contributed by atoms with Gasteiger partial charge < -0.3 is 9.13 Å². The Morgan fingerprint density at radius 1 is 0.295 bits per heavy atom. The standard InChI is InChI=1S/C42H26N2/c1-2-12-30(13-3-1)43-38-17-9-8-16-35(38)36-24-25-39-40(42(36)43)37-22-20-28-11-5-7-15-34(28)41(37)44(39)31-21-23-33-29(26-31)19-18-27-10-4-6-14-32(27)33/h1-26H. The van der Waals surface area contributed by atoms with Gasteiger partial charge in [0.15, 0.2) is 0 Å². The molecule has 0 aliphatic rings. The molecule has 10 rings (SSSR count). The number of aromatic nitrogens is 2. The minimum absolute atomic E-state index is 1.17. The summed E-state index contributed by atoms with van der Waals surface area (Å²) in [5.74, 6) is 0. The first kappa shape index (κ1) is 23.7. The van der Waals surface area contributed by atoms with Crippen LogP contribution in [0.25, 0.3) is 87.3 Å². The predicted octanol–water partition coefficient (Wildman–Crippen LogP) is 11.3. The molecule has 0 bridgehead atoms. The van der Waals surface area contributed by atoms with E-state index in [4.69, 9.17) is 0 Å². The number of fused-ring (bicyclic) bond motifs is 12. The van der Waals surface area contributed by atoms with Gasteiger partial charge in [0, 0.05) is 38.3 Å². The van der Waals surface area contributed by atoms with Crippen molar-refractivity contribution in [3.8, 4) is 11.4 Å². The number of hydrogen-bond donors (Lipinski definition) is 0. The van der Waals surface area contributed by atoms with Crippen LogP contribution in [0.15, 0.2) is 158 Å². The molecule has 8 aromatic carbocycles. The molecular weight excluding hydrogens is 532 g/mol. The van der Waals surface area contributed by atoms with Gasteiger partial charge in [0.2, 0.25) is 0 Å². The molecule has 0 atom stereocenters. The zero-order valence-electron chi connectivity index (χ0n) is 23.9. The Morgan fingerprint density at radius 2 is 0.886 bits per heavy atom. The number of benzene rings is 8. The van der Waals surface area contributed by atoms with Crippen molar-refractivity contribution in [2.75, 3.05) is 0 Å². The SMILES string of the molecule is c1ccc(-n2c3ccccc3c3ccc4c(c5ccc6ccccc6c5n4-c4ccc5c(ccc6ccccc65)c4)c32)cc1. The quantitative estimate of drug-likeness (QED) is 0.187. The molecule has 2 aromatic heterocycles. The van der Waals surface area contributed by atoms with E-state index in [0.29, 0.717) is 0 Å². The van der Waals surface area contributed by atoms with Gasteiger partial charge in [-0.3, -0.25) is 0 Å². The van der Waals surface area contributed by atoms with E-state index in [0.717, 1.165) is 0 Å². The normalized spacial score (nSPS) is 12.1. The Hall–Kier alpha value is -5.86. The van der Waals surface area contributed by atoms with Gasteiger partial charge in [-0.1, -0.05) is 121 Å². The Bertz CT molecular complexity index is 2760. The van der Waals surface area contributed by atoms with E-state index in [1.807, 2.05) is 0 Å². The Labute approximate surface area is 253 Å². The average Bonchev–Trinajstić information content (AvgIpc) is 3.61. The van der Waals surface area contributed by atoms with Crippen molar-refractivity contribution >= 4 is 75.9 Å². The highest BCUT2D eigenvalue weighted by atomic mass is 15.0. The van der Waals surface area contributed by atoms with Crippen molar-refractivity contribution in [1.82, 2.24) is 9.13 Å². The van der Waals surface area contributed by atoms with E-state index in [1.165, 1.54) is 87.3 Å². The van der Waals surface area contributed by atoms with E-state index < -0.39 is 0 Å². The minimum Gasteiger partial charge on any atom is -0.309 e. The fraction of sp³-hybridized carbons (Fsp3) is 0. The highest BCUT2D eigenvalue weighted by Crippen LogP contribution is 2.44. The number of nitrogens with zero attached hydrogens (tertiary/aromatic N) is 2. The first-order valence-electron chi connectivity index (χ1n) is 15.2. The molecule has 0 unspecified atom stereocenters. The lowest BCUT2D eigenvalue weighted by molar-refractivity contribution is 1.18. The lowest BCUT2D eigenvalue weighted by Crippen LogP contribution is -1.96.